The van der Waals surface area contributed by atoms with Crippen molar-refractivity contribution in [2.45, 2.75) is 59.0 Å². The third kappa shape index (κ3) is 6.79. The number of hydrogen-bond donors (Lipinski definition) is 2. The van der Waals surface area contributed by atoms with Gasteiger partial charge in [-0.25, -0.2) is 15.6 Å². The summed E-state index contributed by atoms with van der Waals surface area (Å²) in [6.45, 7) is 6.45. The number of amides is 1. The van der Waals surface area contributed by atoms with Crippen molar-refractivity contribution in [3.05, 3.63) is 29.2 Å². The van der Waals surface area contributed by atoms with Crippen molar-refractivity contribution < 1.29 is 14.3 Å². The summed E-state index contributed by atoms with van der Waals surface area (Å²) in [4.78, 5) is 18.3. The molecule has 8 nitrogen and oxygen atoms in total. The number of likely N-dealkylation sites (N-methyl/N-ethyl adjacent to an activating group) is 2. The number of aryl methyl sites for hydroxylation is 1. The van der Waals surface area contributed by atoms with Crippen molar-refractivity contribution in [3.63, 3.8) is 0 Å². The standard InChI is InChI=1S/C22H37N5O3/c1-15(2)14-29-22(28)26(4)13-19(27(5)24)21(23)18-11-12-20(16(3)25-18)30-17-9-7-6-8-10-17/h11-12,15,17H,6-10,13-14,23-24H2,1-5H3/b21-19-. The number of aromatic nitrogens is 1. The monoisotopic (exact) mass is 419 g/mol. The molecule has 1 fully saturated rings. The lowest BCUT2D eigenvalue weighted by Gasteiger charge is -2.25. The van der Waals surface area contributed by atoms with Gasteiger partial charge >= 0.3 is 6.09 Å². The third-order valence-corrected chi connectivity index (χ3v) is 5.13. The number of rotatable bonds is 8. The van der Waals surface area contributed by atoms with Gasteiger partial charge in [0.15, 0.2) is 0 Å². The van der Waals surface area contributed by atoms with Gasteiger partial charge in [-0.3, -0.25) is 0 Å². The minimum absolute atomic E-state index is 0.205. The summed E-state index contributed by atoms with van der Waals surface area (Å²) >= 11 is 0. The molecule has 0 unspecified atom stereocenters. The Bertz CT molecular complexity index is 742. The lowest BCUT2D eigenvalue weighted by Crippen LogP contribution is -2.38. The van der Waals surface area contributed by atoms with E-state index in [1.807, 2.05) is 32.9 Å². The molecule has 4 N–H and O–H groups in total. The normalized spacial score (nSPS) is 15.6. The highest BCUT2D eigenvalue weighted by Crippen LogP contribution is 2.26. The van der Waals surface area contributed by atoms with Crippen LogP contribution in [-0.4, -0.2) is 54.3 Å². The Morgan fingerprint density at radius 2 is 1.90 bits per heavy atom. The predicted octanol–water partition coefficient (Wildman–Crippen LogP) is 3.26. The molecule has 1 heterocycles. The molecule has 2 rings (SSSR count). The topological polar surface area (TPSA) is 107 Å². The van der Waals surface area contributed by atoms with Crippen LogP contribution < -0.4 is 16.3 Å². The quantitative estimate of drug-likeness (QED) is 0.492. The number of carbonyl (C=O) groups excluding carboxylic acids is 1. The highest BCUT2D eigenvalue weighted by Gasteiger charge is 2.19. The van der Waals surface area contributed by atoms with E-state index in [4.69, 9.17) is 21.1 Å². The van der Waals surface area contributed by atoms with Gasteiger partial charge in [0.25, 0.3) is 0 Å². The lowest BCUT2D eigenvalue weighted by atomic mass is 9.98. The van der Waals surface area contributed by atoms with Gasteiger partial charge in [-0.15, -0.1) is 0 Å². The second kappa shape index (κ2) is 11.1. The van der Waals surface area contributed by atoms with Crippen LogP contribution in [0.25, 0.3) is 5.70 Å². The van der Waals surface area contributed by atoms with E-state index in [1.54, 1.807) is 14.1 Å². The summed E-state index contributed by atoms with van der Waals surface area (Å²) in [5.41, 5.74) is 8.76. The Labute approximate surface area is 180 Å². The van der Waals surface area contributed by atoms with Gasteiger partial charge in [-0.2, -0.15) is 0 Å². The van der Waals surface area contributed by atoms with Gasteiger partial charge in [-0.05, 0) is 50.7 Å². The summed E-state index contributed by atoms with van der Waals surface area (Å²) in [5, 5.41) is 1.41. The maximum Gasteiger partial charge on any atom is 0.409 e. The molecular formula is C22H37N5O3. The fourth-order valence-corrected chi connectivity index (χ4v) is 3.36. The number of hydrazine groups is 1. The van der Waals surface area contributed by atoms with Crippen LogP contribution in [0.1, 0.15) is 57.3 Å². The van der Waals surface area contributed by atoms with Crippen LogP contribution in [0.15, 0.2) is 17.8 Å². The average molecular weight is 420 g/mol. The van der Waals surface area contributed by atoms with Gasteiger partial charge in [0.05, 0.1) is 42.0 Å². The number of nitrogens with zero attached hydrogens (tertiary/aromatic N) is 3. The van der Waals surface area contributed by atoms with Gasteiger partial charge in [0.1, 0.15) is 5.75 Å². The Morgan fingerprint density at radius 3 is 2.47 bits per heavy atom. The van der Waals surface area contributed by atoms with Crippen molar-refractivity contribution in [2.24, 2.45) is 17.5 Å². The van der Waals surface area contributed by atoms with E-state index in [-0.39, 0.29) is 18.6 Å². The van der Waals surface area contributed by atoms with Crippen LogP contribution >= 0.6 is 0 Å². The first kappa shape index (κ1) is 23.8. The van der Waals surface area contributed by atoms with E-state index in [0.717, 1.165) is 24.3 Å². The Balaban J connectivity index is 2.14. The first-order chi connectivity index (χ1) is 14.2. The second-order valence-electron chi connectivity index (χ2n) is 8.46. The first-order valence-electron chi connectivity index (χ1n) is 10.7. The van der Waals surface area contributed by atoms with Crippen molar-refractivity contribution in [1.82, 2.24) is 14.9 Å². The maximum absolute atomic E-state index is 12.2. The second-order valence-corrected chi connectivity index (χ2v) is 8.46. The molecule has 30 heavy (non-hydrogen) atoms. The molecule has 0 radical (unpaired) electrons. The van der Waals surface area contributed by atoms with Crippen molar-refractivity contribution in [1.29, 1.82) is 0 Å². The van der Waals surface area contributed by atoms with E-state index in [9.17, 15) is 4.79 Å². The van der Waals surface area contributed by atoms with E-state index in [2.05, 4.69) is 4.98 Å². The van der Waals surface area contributed by atoms with E-state index in [0.29, 0.717) is 23.7 Å². The smallest absolute Gasteiger partial charge is 0.409 e. The predicted molar refractivity (Wildman–Crippen MR) is 118 cm³/mol. The number of hydrogen-bond acceptors (Lipinski definition) is 7. The fourth-order valence-electron chi connectivity index (χ4n) is 3.36. The molecule has 1 amide bonds. The summed E-state index contributed by atoms with van der Waals surface area (Å²) in [7, 11) is 3.34. The van der Waals surface area contributed by atoms with Crippen LogP contribution in [0, 0.1) is 12.8 Å². The molecule has 1 aromatic rings. The molecular weight excluding hydrogens is 382 g/mol. The maximum atomic E-state index is 12.2. The minimum Gasteiger partial charge on any atom is -0.489 e. The Kier molecular flexibility index (Phi) is 8.77. The SMILES string of the molecule is Cc1nc(/C(N)=C(\CN(C)C(=O)OCC(C)C)N(C)N)ccc1OC1CCCCC1. The van der Waals surface area contributed by atoms with Crippen molar-refractivity contribution in [2.75, 3.05) is 27.2 Å². The summed E-state index contributed by atoms with van der Waals surface area (Å²) < 4.78 is 11.4. The van der Waals surface area contributed by atoms with E-state index in [1.165, 1.54) is 29.2 Å². The van der Waals surface area contributed by atoms with Crippen molar-refractivity contribution >= 4 is 11.8 Å². The van der Waals surface area contributed by atoms with Crippen LogP contribution in [-0.2, 0) is 4.74 Å². The molecule has 0 atom stereocenters. The van der Waals surface area contributed by atoms with Crippen LogP contribution in [0.4, 0.5) is 4.79 Å². The average Bonchev–Trinajstić information content (AvgIpc) is 2.71. The molecule has 1 aliphatic carbocycles. The number of ether oxygens (including phenoxy) is 2. The van der Waals surface area contributed by atoms with Crippen LogP contribution in [0.5, 0.6) is 5.75 Å². The molecule has 0 spiro atoms. The molecule has 8 heteroatoms. The van der Waals surface area contributed by atoms with Gasteiger partial charge in [0, 0.05) is 14.1 Å². The van der Waals surface area contributed by atoms with Crippen LogP contribution in [0.2, 0.25) is 0 Å². The van der Waals surface area contributed by atoms with E-state index < -0.39 is 6.09 Å². The summed E-state index contributed by atoms with van der Waals surface area (Å²) in [6, 6.07) is 3.75. The lowest BCUT2D eigenvalue weighted by molar-refractivity contribution is 0.101. The van der Waals surface area contributed by atoms with Gasteiger partial charge in [-0.1, -0.05) is 20.3 Å². The largest absolute Gasteiger partial charge is 0.489 e. The molecule has 1 aliphatic rings. The molecule has 1 aromatic heterocycles. The van der Waals surface area contributed by atoms with Crippen LogP contribution in [0.3, 0.4) is 0 Å². The highest BCUT2D eigenvalue weighted by molar-refractivity contribution is 5.69. The highest BCUT2D eigenvalue weighted by atomic mass is 16.6. The fraction of sp³-hybridized carbons (Fsp3) is 0.636. The van der Waals surface area contributed by atoms with Gasteiger partial charge < -0.3 is 25.1 Å². The molecule has 168 valence electrons. The molecule has 0 aromatic carbocycles. The summed E-state index contributed by atoms with van der Waals surface area (Å²) in [6.07, 6.45) is 5.72. The number of nitrogens with two attached hydrogens (primary N) is 2. The van der Waals surface area contributed by atoms with E-state index >= 15 is 0 Å². The third-order valence-electron chi connectivity index (χ3n) is 5.13. The zero-order chi connectivity index (χ0) is 22.3. The first-order valence-corrected chi connectivity index (χ1v) is 10.7. The van der Waals surface area contributed by atoms with Crippen molar-refractivity contribution in [3.8, 4) is 5.75 Å². The minimum atomic E-state index is -0.420. The molecule has 1 saturated carbocycles. The molecule has 0 aliphatic heterocycles. The number of carbonyl (C=O) groups is 1. The Morgan fingerprint density at radius 1 is 1.23 bits per heavy atom. The van der Waals surface area contributed by atoms with Gasteiger partial charge in [0.2, 0.25) is 0 Å². The Hall–Kier alpha value is -2.48. The zero-order valence-corrected chi connectivity index (χ0v) is 19.0. The summed E-state index contributed by atoms with van der Waals surface area (Å²) in [5.74, 6) is 7.05. The zero-order valence-electron chi connectivity index (χ0n) is 19.0. The molecule has 0 saturated heterocycles. The molecule has 0 bridgehead atoms. The number of pyridine rings is 1.